The maximum Gasteiger partial charge on any atom is 0.254 e. The first kappa shape index (κ1) is 15.2. The zero-order chi connectivity index (χ0) is 14.3. The number of amides is 1. The lowest BCUT2D eigenvalue weighted by molar-refractivity contribution is 0.0911. The van der Waals surface area contributed by atoms with Gasteiger partial charge in [-0.05, 0) is 31.4 Å². The number of carbonyl (C=O) groups excluding carboxylic acids is 1. The topological polar surface area (TPSA) is 65.8 Å². The minimum absolute atomic E-state index is 0.223. The molecule has 0 saturated heterocycles. The van der Waals surface area contributed by atoms with E-state index in [1.165, 1.54) is 6.20 Å². The molecule has 1 heterocycles. The normalized spacial score (nSPS) is 10.8. The predicted molar refractivity (Wildman–Crippen MR) is 74.6 cm³/mol. The van der Waals surface area contributed by atoms with Crippen molar-refractivity contribution in [1.82, 2.24) is 10.3 Å². The van der Waals surface area contributed by atoms with Gasteiger partial charge >= 0.3 is 0 Å². The fraction of sp³-hybridized carbons (Fsp3) is 0.533. The van der Waals surface area contributed by atoms with Crippen LogP contribution in [-0.4, -0.2) is 16.4 Å². The van der Waals surface area contributed by atoms with Gasteiger partial charge < -0.3 is 5.32 Å². The molecule has 4 heteroatoms. The molecule has 102 valence electrons. The lowest BCUT2D eigenvalue weighted by atomic mass is 9.90. The predicted octanol–water partition coefficient (Wildman–Crippen LogP) is 2.98. The highest BCUT2D eigenvalue weighted by molar-refractivity contribution is 5.94. The van der Waals surface area contributed by atoms with Crippen molar-refractivity contribution in [2.75, 3.05) is 0 Å². The second kappa shape index (κ2) is 6.89. The molecule has 0 aromatic carbocycles. The Kier molecular flexibility index (Phi) is 5.50. The second-order valence-electron chi connectivity index (χ2n) is 4.90. The SMILES string of the molecule is CCCC(C#N)(CCC)NC(=O)c1cncc(C)c1. The van der Waals surface area contributed by atoms with E-state index in [4.69, 9.17) is 0 Å². The van der Waals surface area contributed by atoms with Crippen LogP contribution in [0, 0.1) is 18.3 Å². The molecule has 4 nitrogen and oxygen atoms in total. The standard InChI is InChI=1S/C15H21N3O/c1-4-6-15(11-16,7-5-2)18-14(19)13-8-12(3)9-17-10-13/h8-10H,4-7H2,1-3H3,(H,18,19). The minimum Gasteiger partial charge on any atom is -0.334 e. The largest absolute Gasteiger partial charge is 0.334 e. The van der Waals surface area contributed by atoms with Crippen LogP contribution in [0.3, 0.4) is 0 Å². The maximum atomic E-state index is 12.2. The lowest BCUT2D eigenvalue weighted by Gasteiger charge is -2.27. The van der Waals surface area contributed by atoms with E-state index in [-0.39, 0.29) is 5.91 Å². The van der Waals surface area contributed by atoms with Crippen LogP contribution in [0.2, 0.25) is 0 Å². The third-order valence-electron chi connectivity index (χ3n) is 3.06. The highest BCUT2D eigenvalue weighted by atomic mass is 16.1. The molecule has 0 radical (unpaired) electrons. The van der Waals surface area contributed by atoms with E-state index in [1.54, 1.807) is 12.3 Å². The molecule has 0 unspecified atom stereocenters. The summed E-state index contributed by atoms with van der Waals surface area (Å²) in [5.41, 5.74) is 0.678. The van der Waals surface area contributed by atoms with Crippen molar-refractivity contribution in [2.24, 2.45) is 0 Å². The molecule has 1 aromatic heterocycles. The summed E-state index contributed by atoms with van der Waals surface area (Å²) in [5.74, 6) is -0.223. The van der Waals surface area contributed by atoms with Gasteiger partial charge in [0.15, 0.2) is 0 Å². The molecule has 0 bridgehead atoms. The molecule has 1 amide bonds. The van der Waals surface area contributed by atoms with Gasteiger partial charge in [0.25, 0.3) is 5.91 Å². The Labute approximate surface area is 114 Å². The van der Waals surface area contributed by atoms with Crippen molar-refractivity contribution in [3.63, 3.8) is 0 Å². The van der Waals surface area contributed by atoms with Gasteiger partial charge in [0.05, 0.1) is 11.6 Å². The maximum absolute atomic E-state index is 12.2. The van der Waals surface area contributed by atoms with Gasteiger partial charge in [0.1, 0.15) is 5.54 Å². The van der Waals surface area contributed by atoms with Gasteiger partial charge in [0, 0.05) is 12.4 Å². The molecule has 0 aliphatic rings. The quantitative estimate of drug-likeness (QED) is 0.854. The number of aromatic nitrogens is 1. The number of pyridine rings is 1. The first-order valence-corrected chi connectivity index (χ1v) is 6.72. The zero-order valence-electron chi connectivity index (χ0n) is 11.9. The Morgan fingerprint density at radius 1 is 1.37 bits per heavy atom. The Morgan fingerprint density at radius 3 is 2.47 bits per heavy atom. The molecule has 1 aromatic rings. The lowest BCUT2D eigenvalue weighted by Crippen LogP contribution is -2.47. The Hall–Kier alpha value is -1.89. The van der Waals surface area contributed by atoms with Gasteiger partial charge in [-0.25, -0.2) is 0 Å². The number of nitrogens with zero attached hydrogens (tertiary/aromatic N) is 2. The Morgan fingerprint density at radius 2 is 2.00 bits per heavy atom. The average molecular weight is 259 g/mol. The molecule has 0 spiro atoms. The van der Waals surface area contributed by atoms with Gasteiger partial charge in [-0.1, -0.05) is 26.7 Å². The van der Waals surface area contributed by atoms with Gasteiger partial charge in [-0.15, -0.1) is 0 Å². The second-order valence-corrected chi connectivity index (χ2v) is 4.90. The third kappa shape index (κ3) is 4.06. The first-order chi connectivity index (χ1) is 9.06. The molecule has 1 N–H and O–H groups in total. The number of hydrogen-bond donors (Lipinski definition) is 1. The summed E-state index contributed by atoms with van der Waals surface area (Å²) in [7, 11) is 0. The van der Waals surface area contributed by atoms with Gasteiger partial charge in [-0.2, -0.15) is 5.26 Å². The van der Waals surface area contributed by atoms with Crippen LogP contribution >= 0.6 is 0 Å². The van der Waals surface area contributed by atoms with Crippen LogP contribution in [0.25, 0.3) is 0 Å². The van der Waals surface area contributed by atoms with E-state index in [2.05, 4.69) is 16.4 Å². The van der Waals surface area contributed by atoms with Crippen molar-refractivity contribution in [3.05, 3.63) is 29.6 Å². The molecular weight excluding hydrogens is 238 g/mol. The van der Waals surface area contributed by atoms with Crippen molar-refractivity contribution in [3.8, 4) is 6.07 Å². The van der Waals surface area contributed by atoms with Crippen LogP contribution in [0.1, 0.15) is 55.5 Å². The average Bonchev–Trinajstić information content (AvgIpc) is 2.39. The number of nitrogens with one attached hydrogen (secondary N) is 1. The zero-order valence-corrected chi connectivity index (χ0v) is 11.9. The Balaban J connectivity index is 2.90. The van der Waals surface area contributed by atoms with Crippen LogP contribution in [0.4, 0.5) is 0 Å². The fourth-order valence-electron chi connectivity index (χ4n) is 2.21. The Bertz CT molecular complexity index is 471. The molecule has 0 fully saturated rings. The third-order valence-corrected chi connectivity index (χ3v) is 3.06. The summed E-state index contributed by atoms with van der Waals surface area (Å²) >= 11 is 0. The summed E-state index contributed by atoms with van der Waals surface area (Å²) in [6, 6.07) is 4.06. The van der Waals surface area contributed by atoms with E-state index in [1.807, 2.05) is 20.8 Å². The molecule has 0 aliphatic heterocycles. The summed E-state index contributed by atoms with van der Waals surface area (Å²) in [5, 5.41) is 12.3. The molecule has 1 rings (SSSR count). The van der Waals surface area contributed by atoms with E-state index >= 15 is 0 Å². The first-order valence-electron chi connectivity index (χ1n) is 6.72. The highest BCUT2D eigenvalue weighted by Crippen LogP contribution is 2.19. The minimum atomic E-state index is -0.760. The van der Waals surface area contributed by atoms with Crippen LogP contribution in [-0.2, 0) is 0 Å². The summed E-state index contributed by atoms with van der Waals surface area (Å²) in [6.07, 6.45) is 6.29. The van der Waals surface area contributed by atoms with E-state index in [0.717, 1.165) is 18.4 Å². The van der Waals surface area contributed by atoms with E-state index in [9.17, 15) is 10.1 Å². The summed E-state index contributed by atoms with van der Waals surface area (Å²) in [6.45, 7) is 5.92. The van der Waals surface area contributed by atoms with Crippen LogP contribution in [0.15, 0.2) is 18.5 Å². The molecule has 0 aliphatic carbocycles. The van der Waals surface area contributed by atoms with Crippen molar-refractivity contribution < 1.29 is 4.79 Å². The number of rotatable bonds is 6. The highest BCUT2D eigenvalue weighted by Gasteiger charge is 2.30. The summed E-state index contributed by atoms with van der Waals surface area (Å²) < 4.78 is 0. The fourth-order valence-corrected chi connectivity index (χ4v) is 2.21. The number of hydrogen-bond acceptors (Lipinski definition) is 3. The monoisotopic (exact) mass is 259 g/mol. The molecule has 0 saturated carbocycles. The van der Waals surface area contributed by atoms with E-state index in [0.29, 0.717) is 18.4 Å². The number of aryl methyl sites for hydroxylation is 1. The van der Waals surface area contributed by atoms with Crippen LogP contribution < -0.4 is 5.32 Å². The van der Waals surface area contributed by atoms with Gasteiger partial charge in [0.2, 0.25) is 0 Å². The summed E-state index contributed by atoms with van der Waals surface area (Å²) in [4.78, 5) is 16.2. The van der Waals surface area contributed by atoms with Crippen molar-refractivity contribution in [1.29, 1.82) is 5.26 Å². The number of carbonyl (C=O) groups is 1. The van der Waals surface area contributed by atoms with Crippen LogP contribution in [0.5, 0.6) is 0 Å². The molecule has 19 heavy (non-hydrogen) atoms. The van der Waals surface area contributed by atoms with Crippen molar-refractivity contribution >= 4 is 5.91 Å². The number of nitriles is 1. The van der Waals surface area contributed by atoms with Crippen molar-refractivity contribution in [2.45, 2.75) is 52.0 Å². The molecular formula is C15H21N3O. The van der Waals surface area contributed by atoms with E-state index < -0.39 is 5.54 Å². The van der Waals surface area contributed by atoms with Gasteiger partial charge in [-0.3, -0.25) is 9.78 Å². The molecule has 0 atom stereocenters. The smallest absolute Gasteiger partial charge is 0.254 e.